The summed E-state index contributed by atoms with van der Waals surface area (Å²) in [5.74, 6) is 1.69. The van der Waals surface area contributed by atoms with E-state index in [1.165, 1.54) is 0 Å². The van der Waals surface area contributed by atoms with Crippen LogP contribution < -0.4 is 29.6 Å². The molecule has 0 aromatic heterocycles. The second kappa shape index (κ2) is 10.1. The molecule has 4 rings (SSSR count). The Kier molecular flexibility index (Phi) is 8.56. The summed E-state index contributed by atoms with van der Waals surface area (Å²) in [7, 11) is -4.66. The molecule has 0 spiro atoms. The Morgan fingerprint density at radius 1 is 1.18 bits per heavy atom. The molecule has 4 aliphatic rings. The minimum atomic E-state index is -4.66. The predicted octanol–water partition coefficient (Wildman–Crippen LogP) is 0.0531. The molecule has 4 aliphatic carbocycles. The summed E-state index contributed by atoms with van der Waals surface area (Å²) in [6.07, 6.45) is 5.70. The number of hydrogen-bond acceptors (Lipinski definition) is 7. The fraction of sp³-hybridized carbons (Fsp3) is 0.958. The normalized spacial score (nSPS) is 46.0. The van der Waals surface area contributed by atoms with Gasteiger partial charge in [0.25, 0.3) is 0 Å². The molecule has 33 heavy (non-hydrogen) atoms. The van der Waals surface area contributed by atoms with Crippen LogP contribution in [-0.2, 0) is 19.4 Å². The van der Waals surface area contributed by atoms with Crippen LogP contribution in [0.5, 0.6) is 0 Å². The molecule has 0 bridgehead atoms. The van der Waals surface area contributed by atoms with E-state index in [1.54, 1.807) is 0 Å². The van der Waals surface area contributed by atoms with Gasteiger partial charge in [0.2, 0.25) is 10.4 Å². The van der Waals surface area contributed by atoms with Gasteiger partial charge in [0, 0.05) is 12.8 Å². The largest absolute Gasteiger partial charge is 1.00 e. The Morgan fingerprint density at radius 2 is 1.88 bits per heavy atom. The minimum Gasteiger partial charge on any atom is -0.726 e. The molecule has 0 aliphatic heterocycles. The Balaban J connectivity index is 0.00000306. The molecular weight excluding hydrogens is 455 g/mol. The van der Waals surface area contributed by atoms with Crippen molar-refractivity contribution < 1.29 is 61.7 Å². The van der Waals surface area contributed by atoms with E-state index in [2.05, 4.69) is 25.0 Å². The van der Waals surface area contributed by atoms with Crippen molar-refractivity contribution in [2.75, 3.05) is 6.61 Å². The van der Waals surface area contributed by atoms with E-state index in [9.17, 15) is 28.0 Å². The number of aliphatic hydroxyl groups is 2. The van der Waals surface area contributed by atoms with Crippen molar-refractivity contribution >= 4 is 16.2 Å². The van der Waals surface area contributed by atoms with E-state index >= 15 is 0 Å². The van der Waals surface area contributed by atoms with Crippen molar-refractivity contribution in [1.82, 2.24) is 0 Å². The number of Topliss-reactive ketones (excluding diaryl/α,β-unsaturated/α-hetero) is 1. The molecular formula is C24H39NaO7S. The maximum atomic E-state index is 12.1. The third kappa shape index (κ3) is 5.02. The van der Waals surface area contributed by atoms with E-state index in [0.29, 0.717) is 37.9 Å². The quantitative estimate of drug-likeness (QED) is 0.231. The maximum Gasteiger partial charge on any atom is 1.00 e. The van der Waals surface area contributed by atoms with E-state index in [0.717, 1.165) is 25.7 Å². The molecule has 184 valence electrons. The van der Waals surface area contributed by atoms with Gasteiger partial charge in [-0.15, -0.1) is 0 Å². The average Bonchev–Trinajstić information content (AvgIpc) is 3.05. The van der Waals surface area contributed by atoms with Gasteiger partial charge in [0.05, 0.1) is 18.8 Å². The SMILES string of the molecule is C[C@H](CCCOS(=O)(=O)[O-])[C@H]1CC[C@H]2[C@H]3C(C[C@H](O)[C@]12C)[C@@]1(C)CCC(=O)C[C@@H]1C[C@H]3O.[Na+]. The van der Waals surface area contributed by atoms with Crippen LogP contribution in [0.3, 0.4) is 0 Å². The van der Waals surface area contributed by atoms with Gasteiger partial charge in [-0.05, 0) is 91.3 Å². The smallest absolute Gasteiger partial charge is 0.726 e. The van der Waals surface area contributed by atoms with Gasteiger partial charge in [-0.1, -0.05) is 20.8 Å². The van der Waals surface area contributed by atoms with E-state index in [-0.39, 0.29) is 82.5 Å². The molecule has 0 aromatic rings. The van der Waals surface area contributed by atoms with Gasteiger partial charge in [0.15, 0.2) is 0 Å². The van der Waals surface area contributed by atoms with Crippen molar-refractivity contribution in [2.45, 2.75) is 90.8 Å². The third-order valence-corrected chi connectivity index (χ3v) is 10.9. The van der Waals surface area contributed by atoms with Crippen LogP contribution in [0.15, 0.2) is 0 Å². The molecule has 2 N–H and O–H groups in total. The van der Waals surface area contributed by atoms with Gasteiger partial charge < -0.3 is 14.8 Å². The minimum absolute atomic E-state index is 0. The molecule has 10 atom stereocenters. The first-order chi connectivity index (χ1) is 14.9. The monoisotopic (exact) mass is 494 g/mol. The fourth-order valence-corrected chi connectivity index (χ4v) is 9.03. The third-order valence-electron chi connectivity index (χ3n) is 10.4. The van der Waals surface area contributed by atoms with Crippen LogP contribution >= 0.6 is 0 Å². The zero-order chi connectivity index (χ0) is 23.5. The fourth-order valence-electron chi connectivity index (χ4n) is 8.71. The summed E-state index contributed by atoms with van der Waals surface area (Å²) in [6, 6.07) is 0. The second-order valence-corrected chi connectivity index (χ2v) is 12.7. The van der Waals surface area contributed by atoms with E-state index in [1.807, 2.05) is 0 Å². The summed E-state index contributed by atoms with van der Waals surface area (Å²) in [4.78, 5) is 12.1. The Bertz CT molecular complexity index is 835. The van der Waals surface area contributed by atoms with E-state index in [4.69, 9.17) is 0 Å². The number of aliphatic hydroxyl groups excluding tert-OH is 2. The van der Waals surface area contributed by atoms with Crippen LogP contribution in [-0.4, -0.2) is 47.8 Å². The molecule has 0 amide bonds. The van der Waals surface area contributed by atoms with Gasteiger partial charge in [-0.2, -0.15) is 0 Å². The topological polar surface area (TPSA) is 124 Å². The van der Waals surface area contributed by atoms with Crippen molar-refractivity contribution in [1.29, 1.82) is 0 Å². The molecule has 0 saturated heterocycles. The molecule has 4 fully saturated rings. The number of fused-ring (bicyclic) bond motifs is 5. The molecule has 7 nitrogen and oxygen atoms in total. The Morgan fingerprint density at radius 3 is 2.55 bits per heavy atom. The van der Waals surface area contributed by atoms with Crippen LogP contribution in [0.4, 0.5) is 0 Å². The van der Waals surface area contributed by atoms with Gasteiger partial charge in [0.1, 0.15) is 5.78 Å². The molecule has 0 heterocycles. The number of hydrogen-bond donors (Lipinski definition) is 2. The summed E-state index contributed by atoms with van der Waals surface area (Å²) in [5.41, 5.74) is -0.286. The van der Waals surface area contributed by atoms with Gasteiger partial charge in [-0.3, -0.25) is 8.98 Å². The van der Waals surface area contributed by atoms with Crippen LogP contribution in [0, 0.1) is 46.3 Å². The van der Waals surface area contributed by atoms with Crippen molar-refractivity contribution in [3.8, 4) is 0 Å². The summed E-state index contributed by atoms with van der Waals surface area (Å²) >= 11 is 0. The standard InChI is InChI=1S/C24H40O7S.Na/c1-14(5-4-10-31-32(28,29)30)17-6-7-18-22-19(13-21(27)24(17,18)3)23(2)9-8-16(25)11-15(23)12-20(22)26;/h14-15,17-22,26-27H,4-13H2,1-3H3,(H,28,29,30);/q;+1/p-1/t14-,15-,17-,18+,19?,20-,21+,22+,23+,24-;/m1./s1. The number of rotatable bonds is 6. The summed E-state index contributed by atoms with van der Waals surface area (Å²) in [6.45, 7) is 6.52. The van der Waals surface area contributed by atoms with Crippen molar-refractivity contribution in [2.24, 2.45) is 46.3 Å². The molecule has 4 saturated carbocycles. The number of carbonyl (C=O) groups excluding carboxylic acids is 1. The second-order valence-electron chi connectivity index (χ2n) is 11.7. The number of carbonyl (C=O) groups is 1. The molecule has 0 aromatic carbocycles. The van der Waals surface area contributed by atoms with Crippen molar-refractivity contribution in [3.05, 3.63) is 0 Å². The van der Waals surface area contributed by atoms with Crippen LogP contribution in [0.25, 0.3) is 0 Å². The van der Waals surface area contributed by atoms with Gasteiger partial charge in [-0.25, -0.2) is 8.42 Å². The first-order valence-electron chi connectivity index (χ1n) is 12.4. The first-order valence-corrected chi connectivity index (χ1v) is 13.7. The maximum absolute atomic E-state index is 12.1. The van der Waals surface area contributed by atoms with Crippen LogP contribution in [0.2, 0.25) is 0 Å². The Hall–Kier alpha value is 0.460. The van der Waals surface area contributed by atoms with Gasteiger partial charge >= 0.3 is 29.6 Å². The Labute approximate surface area is 220 Å². The first kappa shape index (κ1) is 28.0. The van der Waals surface area contributed by atoms with E-state index < -0.39 is 22.6 Å². The summed E-state index contributed by atoms with van der Waals surface area (Å²) < 4.78 is 36.4. The summed E-state index contributed by atoms with van der Waals surface area (Å²) in [5, 5.41) is 22.8. The van der Waals surface area contributed by atoms with Crippen molar-refractivity contribution in [3.63, 3.8) is 0 Å². The molecule has 9 heteroatoms. The molecule has 1 unspecified atom stereocenters. The van der Waals surface area contributed by atoms with Crippen LogP contribution in [0.1, 0.15) is 78.6 Å². The number of ketones is 1. The predicted molar refractivity (Wildman–Crippen MR) is 117 cm³/mol. The molecule has 0 radical (unpaired) electrons. The zero-order valence-corrected chi connectivity index (χ0v) is 23.4. The average molecular weight is 495 g/mol. The zero-order valence-electron chi connectivity index (χ0n) is 20.5.